The average Bonchev–Trinajstić information content (AvgIpc) is 2.14. The minimum Gasteiger partial charge on any atom is -0.130 e. The fourth-order valence-electron chi connectivity index (χ4n) is 1.02. The third-order valence-corrected chi connectivity index (χ3v) is 3.16. The van der Waals surface area contributed by atoms with Gasteiger partial charge in [0.15, 0.2) is 5.15 Å². The summed E-state index contributed by atoms with van der Waals surface area (Å²) in [5.41, 5.74) is 0.462. The fourth-order valence-corrected chi connectivity index (χ4v) is 1.97. The van der Waals surface area contributed by atoms with E-state index in [-0.39, 0.29) is 15.2 Å². The fraction of sp³-hybridized carbons (Fsp3) is 0. The van der Waals surface area contributed by atoms with Gasteiger partial charge in [-0.25, -0.2) is 0 Å². The van der Waals surface area contributed by atoms with Gasteiger partial charge in [-0.2, -0.15) is 0 Å². The number of fused-ring (bicyclic) bond motifs is 1. The summed E-state index contributed by atoms with van der Waals surface area (Å²) in [7, 11) is 0. The Hall–Kier alpha value is -0.350. The molecule has 3 nitrogen and oxygen atoms in total. The van der Waals surface area contributed by atoms with Gasteiger partial charge in [-0.3, -0.25) is 0 Å². The molecule has 0 bridgehead atoms. The maximum absolute atomic E-state index is 5.93. The first-order valence-corrected chi connectivity index (χ1v) is 4.94. The number of rotatable bonds is 0. The van der Waals surface area contributed by atoms with Crippen molar-refractivity contribution in [3.63, 3.8) is 0 Å². The molecule has 1 aromatic heterocycles. The maximum atomic E-state index is 5.93. The van der Waals surface area contributed by atoms with Crippen LogP contribution in [0.15, 0.2) is 6.07 Å². The highest BCUT2D eigenvalue weighted by Crippen LogP contribution is 2.37. The molecule has 2 aromatic rings. The Bertz CT molecular complexity index is 514. The van der Waals surface area contributed by atoms with Crippen LogP contribution in [0.5, 0.6) is 0 Å². The number of nitrogens with zero attached hydrogens (tertiary/aromatic N) is 3. The molecule has 0 radical (unpaired) electrons. The minimum absolute atomic E-state index is 0.151. The molecular formula is C7HCl4N3. The lowest BCUT2D eigenvalue weighted by Crippen LogP contribution is -1.91. The predicted octanol–water partition coefficient (Wildman–Crippen LogP) is 3.64. The molecular weight excluding hydrogens is 268 g/mol. The Balaban J connectivity index is 2.99. The van der Waals surface area contributed by atoms with Crippen LogP contribution >= 0.6 is 46.4 Å². The van der Waals surface area contributed by atoms with Gasteiger partial charge in [-0.15, -0.1) is 10.2 Å². The quantitative estimate of drug-likeness (QED) is 0.685. The van der Waals surface area contributed by atoms with Crippen molar-refractivity contribution in [2.45, 2.75) is 0 Å². The Morgan fingerprint density at radius 3 is 2.36 bits per heavy atom. The van der Waals surface area contributed by atoms with E-state index in [4.69, 9.17) is 46.4 Å². The van der Waals surface area contributed by atoms with Crippen LogP contribution in [-0.2, 0) is 0 Å². The van der Waals surface area contributed by atoms with E-state index < -0.39 is 0 Å². The number of benzene rings is 1. The molecule has 0 atom stereocenters. The standard InChI is InChI=1S/C7HCl4N3/c8-2-1-3-4(6(10)5(2)9)7(11)13-14-12-3/h1H. The predicted molar refractivity (Wildman–Crippen MR) is 57.4 cm³/mol. The van der Waals surface area contributed by atoms with Gasteiger partial charge in [0.1, 0.15) is 5.52 Å². The van der Waals surface area contributed by atoms with Crippen LogP contribution in [-0.4, -0.2) is 15.4 Å². The third kappa shape index (κ3) is 1.50. The number of halogens is 4. The van der Waals surface area contributed by atoms with E-state index in [1.165, 1.54) is 6.07 Å². The van der Waals surface area contributed by atoms with Crippen molar-refractivity contribution in [2.75, 3.05) is 0 Å². The molecule has 0 aliphatic rings. The van der Waals surface area contributed by atoms with E-state index in [2.05, 4.69) is 15.4 Å². The van der Waals surface area contributed by atoms with Crippen LogP contribution in [0.2, 0.25) is 20.2 Å². The molecule has 0 saturated heterocycles. The van der Waals surface area contributed by atoms with E-state index in [1.807, 2.05) is 0 Å². The second kappa shape index (κ2) is 3.66. The maximum Gasteiger partial charge on any atom is 0.164 e. The van der Waals surface area contributed by atoms with Crippen LogP contribution < -0.4 is 0 Å². The Labute approximate surface area is 98.9 Å². The zero-order valence-corrected chi connectivity index (χ0v) is 9.45. The van der Waals surface area contributed by atoms with Gasteiger partial charge in [-0.05, 0) is 11.3 Å². The highest BCUT2D eigenvalue weighted by Gasteiger charge is 2.13. The molecule has 0 saturated carbocycles. The normalized spacial score (nSPS) is 10.9. The topological polar surface area (TPSA) is 38.7 Å². The molecule has 0 fully saturated rings. The number of hydrogen-bond donors (Lipinski definition) is 0. The molecule has 2 rings (SSSR count). The summed E-state index contributed by atoms with van der Waals surface area (Å²) in [5, 5.41) is 12.1. The second-order valence-corrected chi connectivity index (χ2v) is 3.98. The summed E-state index contributed by atoms with van der Waals surface area (Å²) in [6, 6.07) is 1.53. The second-order valence-electron chi connectivity index (χ2n) is 2.46. The molecule has 72 valence electrons. The van der Waals surface area contributed by atoms with E-state index in [1.54, 1.807) is 0 Å². The molecule has 0 aliphatic heterocycles. The summed E-state index contributed by atoms with van der Waals surface area (Å²) < 4.78 is 0. The lowest BCUT2D eigenvalue weighted by atomic mass is 10.2. The van der Waals surface area contributed by atoms with Crippen molar-refractivity contribution in [3.8, 4) is 0 Å². The molecule has 0 N–H and O–H groups in total. The van der Waals surface area contributed by atoms with Crippen LogP contribution in [0, 0.1) is 0 Å². The van der Waals surface area contributed by atoms with Gasteiger partial charge in [0.25, 0.3) is 0 Å². The van der Waals surface area contributed by atoms with Crippen LogP contribution in [0.3, 0.4) is 0 Å². The monoisotopic (exact) mass is 267 g/mol. The summed E-state index contributed by atoms with van der Waals surface area (Å²) in [5.74, 6) is 0. The first-order chi connectivity index (χ1) is 6.61. The van der Waals surface area contributed by atoms with E-state index in [0.717, 1.165) is 0 Å². The van der Waals surface area contributed by atoms with E-state index in [0.29, 0.717) is 15.9 Å². The molecule has 0 amide bonds. The third-order valence-electron chi connectivity index (χ3n) is 1.63. The van der Waals surface area contributed by atoms with Crippen molar-refractivity contribution in [1.82, 2.24) is 15.4 Å². The average molecular weight is 269 g/mol. The zero-order chi connectivity index (χ0) is 10.3. The molecule has 7 heteroatoms. The largest absolute Gasteiger partial charge is 0.164 e. The number of hydrogen-bond acceptors (Lipinski definition) is 3. The summed E-state index contributed by atoms with van der Waals surface area (Å²) in [6.07, 6.45) is 0. The van der Waals surface area contributed by atoms with Crippen LogP contribution in [0.4, 0.5) is 0 Å². The molecule has 0 spiro atoms. The summed E-state index contributed by atoms with van der Waals surface area (Å²) in [4.78, 5) is 0. The molecule has 0 unspecified atom stereocenters. The molecule has 1 aromatic carbocycles. The minimum atomic E-state index is 0.151. The van der Waals surface area contributed by atoms with Gasteiger partial charge in [-0.1, -0.05) is 46.4 Å². The van der Waals surface area contributed by atoms with Gasteiger partial charge < -0.3 is 0 Å². The van der Waals surface area contributed by atoms with E-state index >= 15 is 0 Å². The first kappa shape index (κ1) is 10.2. The highest BCUT2D eigenvalue weighted by molar-refractivity contribution is 6.51. The molecule has 0 aliphatic carbocycles. The summed E-state index contributed by atoms with van der Waals surface area (Å²) in [6.45, 7) is 0. The Kier molecular flexibility index (Phi) is 2.66. The first-order valence-electron chi connectivity index (χ1n) is 3.43. The SMILES string of the molecule is Clc1cc2nnnc(Cl)c2c(Cl)c1Cl. The Morgan fingerprint density at radius 2 is 1.64 bits per heavy atom. The lowest BCUT2D eigenvalue weighted by molar-refractivity contribution is 0.896. The molecule has 1 heterocycles. The highest BCUT2D eigenvalue weighted by atomic mass is 35.5. The summed E-state index contributed by atoms with van der Waals surface area (Å²) >= 11 is 23.3. The van der Waals surface area contributed by atoms with Crippen molar-refractivity contribution >= 4 is 57.3 Å². The van der Waals surface area contributed by atoms with Crippen LogP contribution in [0.1, 0.15) is 0 Å². The van der Waals surface area contributed by atoms with Crippen molar-refractivity contribution < 1.29 is 0 Å². The lowest BCUT2D eigenvalue weighted by Gasteiger charge is -2.03. The van der Waals surface area contributed by atoms with Crippen molar-refractivity contribution in [2.24, 2.45) is 0 Å². The molecule has 14 heavy (non-hydrogen) atoms. The van der Waals surface area contributed by atoms with Crippen LogP contribution in [0.25, 0.3) is 10.9 Å². The zero-order valence-electron chi connectivity index (χ0n) is 6.43. The van der Waals surface area contributed by atoms with Gasteiger partial charge in [0.2, 0.25) is 0 Å². The van der Waals surface area contributed by atoms with Gasteiger partial charge in [0.05, 0.1) is 20.5 Å². The number of aromatic nitrogens is 3. The van der Waals surface area contributed by atoms with Crippen molar-refractivity contribution in [1.29, 1.82) is 0 Å². The van der Waals surface area contributed by atoms with Gasteiger partial charge in [0, 0.05) is 0 Å². The van der Waals surface area contributed by atoms with Crippen molar-refractivity contribution in [3.05, 3.63) is 26.3 Å². The van der Waals surface area contributed by atoms with Gasteiger partial charge >= 0.3 is 0 Å². The van der Waals surface area contributed by atoms with E-state index in [9.17, 15) is 0 Å². The Morgan fingerprint density at radius 1 is 0.929 bits per heavy atom. The smallest absolute Gasteiger partial charge is 0.130 e.